The van der Waals surface area contributed by atoms with Crippen LogP contribution >= 0.6 is 0 Å². The van der Waals surface area contributed by atoms with Crippen LogP contribution < -0.4 is 5.32 Å². The highest BCUT2D eigenvalue weighted by molar-refractivity contribution is 5.54. The van der Waals surface area contributed by atoms with Gasteiger partial charge in [0.25, 0.3) is 0 Å². The van der Waals surface area contributed by atoms with Crippen molar-refractivity contribution in [2.24, 2.45) is 7.05 Å². The fourth-order valence-corrected chi connectivity index (χ4v) is 1.61. The highest BCUT2D eigenvalue weighted by Crippen LogP contribution is 2.20. The molecule has 0 spiro atoms. The van der Waals surface area contributed by atoms with Crippen LogP contribution in [0.3, 0.4) is 0 Å². The summed E-state index contributed by atoms with van der Waals surface area (Å²) in [6, 6.07) is 0. The summed E-state index contributed by atoms with van der Waals surface area (Å²) in [6.45, 7) is 3.11. The zero-order valence-corrected chi connectivity index (χ0v) is 10.2. The van der Waals surface area contributed by atoms with E-state index in [0.717, 1.165) is 5.56 Å². The minimum atomic E-state index is -0.451. The van der Waals surface area contributed by atoms with Gasteiger partial charge >= 0.3 is 5.69 Å². The summed E-state index contributed by atoms with van der Waals surface area (Å²) < 4.78 is 3.19. The zero-order valence-electron chi connectivity index (χ0n) is 10.2. The molecule has 0 atom stereocenters. The van der Waals surface area contributed by atoms with Gasteiger partial charge in [-0.15, -0.1) is 5.10 Å². The molecule has 0 radical (unpaired) electrons. The molecule has 0 saturated heterocycles. The quantitative estimate of drug-likeness (QED) is 0.630. The lowest BCUT2D eigenvalue weighted by atomic mass is 10.4. The summed E-state index contributed by atoms with van der Waals surface area (Å²) in [5.41, 5.74) is 1.06. The molecule has 0 amide bonds. The van der Waals surface area contributed by atoms with Gasteiger partial charge in [0.2, 0.25) is 5.82 Å². The molecule has 8 heteroatoms. The SMILES string of the molecule is Cc1cnn(CCNc2nn(C)cc2[N+](=O)[O-])c1. The third-order valence-corrected chi connectivity index (χ3v) is 2.40. The van der Waals surface area contributed by atoms with Crippen LogP contribution in [0.25, 0.3) is 0 Å². The highest BCUT2D eigenvalue weighted by atomic mass is 16.6. The number of rotatable bonds is 5. The first-order valence-electron chi connectivity index (χ1n) is 5.47. The monoisotopic (exact) mass is 250 g/mol. The van der Waals surface area contributed by atoms with Gasteiger partial charge in [-0.05, 0) is 12.5 Å². The van der Waals surface area contributed by atoms with E-state index in [1.807, 2.05) is 13.1 Å². The van der Waals surface area contributed by atoms with Gasteiger partial charge < -0.3 is 5.32 Å². The zero-order chi connectivity index (χ0) is 13.1. The van der Waals surface area contributed by atoms with Gasteiger partial charge in [-0.25, -0.2) is 0 Å². The number of nitrogens with one attached hydrogen (secondary N) is 1. The van der Waals surface area contributed by atoms with Crippen LogP contribution in [0.15, 0.2) is 18.6 Å². The number of nitro groups is 1. The van der Waals surface area contributed by atoms with E-state index < -0.39 is 4.92 Å². The van der Waals surface area contributed by atoms with Crippen molar-refractivity contribution < 1.29 is 4.92 Å². The Balaban J connectivity index is 1.96. The second kappa shape index (κ2) is 4.86. The molecule has 0 aliphatic rings. The van der Waals surface area contributed by atoms with Crippen molar-refractivity contribution in [2.75, 3.05) is 11.9 Å². The Morgan fingerprint density at radius 1 is 1.50 bits per heavy atom. The van der Waals surface area contributed by atoms with Gasteiger partial charge in [0.05, 0.1) is 17.7 Å². The van der Waals surface area contributed by atoms with E-state index in [1.54, 1.807) is 17.9 Å². The molecule has 2 aromatic rings. The molecule has 96 valence electrons. The molecule has 2 heterocycles. The topological polar surface area (TPSA) is 90.8 Å². The van der Waals surface area contributed by atoms with Crippen molar-refractivity contribution in [3.05, 3.63) is 34.3 Å². The normalized spacial score (nSPS) is 10.6. The van der Waals surface area contributed by atoms with Crippen molar-refractivity contribution in [1.29, 1.82) is 0 Å². The third-order valence-electron chi connectivity index (χ3n) is 2.40. The van der Waals surface area contributed by atoms with Crippen LogP contribution in [-0.2, 0) is 13.6 Å². The molecule has 0 bridgehead atoms. The molecule has 0 aliphatic carbocycles. The van der Waals surface area contributed by atoms with Crippen LogP contribution in [0.5, 0.6) is 0 Å². The van der Waals surface area contributed by atoms with E-state index in [9.17, 15) is 10.1 Å². The summed E-state index contributed by atoms with van der Waals surface area (Å²) in [5, 5.41) is 21.8. The highest BCUT2D eigenvalue weighted by Gasteiger charge is 2.17. The van der Waals surface area contributed by atoms with Gasteiger partial charge in [-0.3, -0.25) is 19.5 Å². The van der Waals surface area contributed by atoms with Crippen LogP contribution in [0, 0.1) is 17.0 Å². The van der Waals surface area contributed by atoms with Gasteiger partial charge in [0, 0.05) is 19.8 Å². The van der Waals surface area contributed by atoms with Gasteiger partial charge in [0.1, 0.15) is 6.20 Å². The minimum Gasteiger partial charge on any atom is -0.361 e. The van der Waals surface area contributed by atoms with Crippen molar-refractivity contribution in [1.82, 2.24) is 19.6 Å². The largest absolute Gasteiger partial charge is 0.361 e. The van der Waals surface area contributed by atoms with Gasteiger partial charge in [-0.1, -0.05) is 0 Å². The molecular formula is C10H14N6O2. The lowest BCUT2D eigenvalue weighted by Crippen LogP contribution is -2.12. The lowest BCUT2D eigenvalue weighted by molar-refractivity contribution is -0.384. The van der Waals surface area contributed by atoms with Crippen LogP contribution in [-0.4, -0.2) is 31.0 Å². The Hall–Kier alpha value is -2.38. The van der Waals surface area contributed by atoms with E-state index >= 15 is 0 Å². The standard InChI is InChI=1S/C10H14N6O2/c1-8-5-12-15(6-8)4-3-11-10-9(16(17)18)7-14(2)13-10/h5-7H,3-4H2,1-2H3,(H,11,13). The van der Waals surface area contributed by atoms with E-state index in [0.29, 0.717) is 13.1 Å². The van der Waals surface area contributed by atoms with E-state index in [2.05, 4.69) is 15.5 Å². The first-order chi connectivity index (χ1) is 8.56. The smallest absolute Gasteiger partial charge is 0.330 e. The Morgan fingerprint density at radius 3 is 2.89 bits per heavy atom. The average molecular weight is 250 g/mol. The summed E-state index contributed by atoms with van der Waals surface area (Å²) in [4.78, 5) is 10.3. The van der Waals surface area contributed by atoms with Gasteiger partial charge in [0.15, 0.2) is 0 Å². The summed E-state index contributed by atoms with van der Waals surface area (Å²) in [5.74, 6) is 0.284. The molecule has 18 heavy (non-hydrogen) atoms. The van der Waals surface area contributed by atoms with E-state index in [1.165, 1.54) is 10.9 Å². The van der Waals surface area contributed by atoms with Crippen molar-refractivity contribution in [3.8, 4) is 0 Å². The fraction of sp³-hybridized carbons (Fsp3) is 0.400. The van der Waals surface area contributed by atoms with Crippen molar-refractivity contribution in [3.63, 3.8) is 0 Å². The lowest BCUT2D eigenvalue weighted by Gasteiger charge is -2.02. The average Bonchev–Trinajstić information content (AvgIpc) is 2.85. The number of aryl methyl sites for hydroxylation is 2. The first-order valence-corrected chi connectivity index (χ1v) is 5.47. The van der Waals surface area contributed by atoms with E-state index in [-0.39, 0.29) is 11.5 Å². The Morgan fingerprint density at radius 2 is 2.28 bits per heavy atom. The summed E-state index contributed by atoms with van der Waals surface area (Å²) >= 11 is 0. The van der Waals surface area contributed by atoms with Crippen molar-refractivity contribution in [2.45, 2.75) is 13.5 Å². The maximum atomic E-state index is 10.8. The second-order valence-electron chi connectivity index (χ2n) is 4.00. The summed E-state index contributed by atoms with van der Waals surface area (Å²) in [7, 11) is 1.65. The number of aromatic nitrogens is 4. The maximum absolute atomic E-state index is 10.8. The molecule has 0 aromatic carbocycles. The predicted molar refractivity (Wildman–Crippen MR) is 65.3 cm³/mol. The molecule has 2 aromatic heterocycles. The third kappa shape index (κ3) is 2.65. The van der Waals surface area contributed by atoms with Crippen LogP contribution in [0.1, 0.15) is 5.56 Å². The van der Waals surface area contributed by atoms with Gasteiger partial charge in [-0.2, -0.15) is 5.10 Å². The van der Waals surface area contributed by atoms with Crippen LogP contribution in [0.4, 0.5) is 11.5 Å². The number of nitrogens with zero attached hydrogens (tertiary/aromatic N) is 5. The summed E-state index contributed by atoms with van der Waals surface area (Å²) in [6.07, 6.45) is 5.05. The Kier molecular flexibility index (Phi) is 3.26. The minimum absolute atomic E-state index is 0.0193. The molecule has 0 fully saturated rings. The Bertz CT molecular complexity index is 558. The molecule has 8 nitrogen and oxygen atoms in total. The Labute approximate surface area is 103 Å². The van der Waals surface area contributed by atoms with Crippen LogP contribution in [0.2, 0.25) is 0 Å². The van der Waals surface area contributed by atoms with E-state index in [4.69, 9.17) is 0 Å². The molecular weight excluding hydrogens is 236 g/mol. The fourth-order valence-electron chi connectivity index (χ4n) is 1.61. The molecule has 0 aliphatic heterocycles. The first kappa shape index (κ1) is 12.1. The molecule has 0 saturated carbocycles. The molecule has 0 unspecified atom stereocenters. The number of anilines is 1. The second-order valence-corrected chi connectivity index (χ2v) is 4.00. The van der Waals surface area contributed by atoms with Crippen molar-refractivity contribution >= 4 is 11.5 Å². The number of hydrogen-bond acceptors (Lipinski definition) is 5. The maximum Gasteiger partial charge on any atom is 0.330 e. The predicted octanol–water partition coefficient (Wildman–Crippen LogP) is 0.945. The number of hydrogen-bond donors (Lipinski definition) is 1. The molecule has 2 rings (SSSR count). The molecule has 1 N–H and O–H groups in total.